The molecule has 0 bridgehead atoms. The fraction of sp³-hybridized carbons (Fsp3) is 0.250. The molecule has 3 amide bonds. The van der Waals surface area contributed by atoms with Gasteiger partial charge in [0.05, 0.1) is 0 Å². The summed E-state index contributed by atoms with van der Waals surface area (Å²) in [7, 11) is 1.48. The Morgan fingerprint density at radius 2 is 1.93 bits per heavy atom. The molecule has 156 valence electrons. The van der Waals surface area contributed by atoms with Crippen molar-refractivity contribution < 1.29 is 23.5 Å². The molecule has 0 radical (unpaired) electrons. The van der Waals surface area contributed by atoms with Crippen molar-refractivity contribution in [2.45, 2.75) is 20.0 Å². The Morgan fingerprint density at radius 3 is 2.60 bits per heavy atom. The number of carbonyl (C=O) groups excluding carboxylic acids is 3. The van der Waals surface area contributed by atoms with Crippen LogP contribution >= 0.6 is 0 Å². The molecule has 0 spiro atoms. The Morgan fingerprint density at radius 1 is 1.23 bits per heavy atom. The summed E-state index contributed by atoms with van der Waals surface area (Å²) in [5.41, 5.74) is -0.271. The number of aryl methyl sites for hydroxylation is 2. The van der Waals surface area contributed by atoms with E-state index in [-0.39, 0.29) is 22.4 Å². The standard InChI is InChI=1S/C20H20N4O6/c1-4-21-20(28)23-16(25)15(12-8-6-5-7-9-12)30-19(27)13-11(2)29-17-14(13)18(26)24(3)10-22-17/h5-10,15H,4H2,1-3H3,(H2,21,23,25,28). The molecule has 1 unspecified atom stereocenters. The Labute approximate surface area is 170 Å². The number of esters is 1. The van der Waals surface area contributed by atoms with Crippen molar-refractivity contribution in [3.05, 3.63) is 63.9 Å². The number of rotatable bonds is 5. The molecule has 10 nitrogen and oxygen atoms in total. The summed E-state index contributed by atoms with van der Waals surface area (Å²) in [6, 6.07) is 7.49. The first kappa shape index (κ1) is 20.8. The van der Waals surface area contributed by atoms with Gasteiger partial charge in [0, 0.05) is 19.2 Å². The van der Waals surface area contributed by atoms with E-state index in [1.54, 1.807) is 37.3 Å². The zero-order valence-corrected chi connectivity index (χ0v) is 16.6. The monoisotopic (exact) mass is 412 g/mol. The Balaban J connectivity index is 1.98. The average molecular weight is 412 g/mol. The van der Waals surface area contributed by atoms with E-state index in [9.17, 15) is 19.2 Å². The van der Waals surface area contributed by atoms with Gasteiger partial charge in [0.2, 0.25) is 11.8 Å². The molecule has 0 saturated heterocycles. The van der Waals surface area contributed by atoms with Gasteiger partial charge in [-0.3, -0.25) is 14.9 Å². The fourth-order valence-corrected chi connectivity index (χ4v) is 2.88. The zero-order valence-electron chi connectivity index (χ0n) is 16.6. The van der Waals surface area contributed by atoms with Gasteiger partial charge in [0.25, 0.3) is 11.5 Å². The molecule has 10 heteroatoms. The third kappa shape index (κ3) is 4.07. The normalized spacial score (nSPS) is 11.7. The molecule has 2 aromatic heterocycles. The van der Waals surface area contributed by atoms with Gasteiger partial charge in [-0.05, 0) is 13.8 Å². The van der Waals surface area contributed by atoms with Crippen LogP contribution in [0.1, 0.15) is 34.7 Å². The maximum absolute atomic E-state index is 13.0. The molecule has 0 saturated carbocycles. The van der Waals surface area contributed by atoms with Crippen LogP contribution in [0.2, 0.25) is 0 Å². The van der Waals surface area contributed by atoms with E-state index in [0.29, 0.717) is 12.1 Å². The van der Waals surface area contributed by atoms with Crippen LogP contribution in [0.3, 0.4) is 0 Å². The van der Waals surface area contributed by atoms with Crippen molar-refractivity contribution in [2.75, 3.05) is 6.54 Å². The van der Waals surface area contributed by atoms with Gasteiger partial charge in [0.15, 0.2) is 0 Å². The summed E-state index contributed by atoms with van der Waals surface area (Å²) in [5, 5.41) is 4.52. The second-order valence-electron chi connectivity index (χ2n) is 6.42. The third-order valence-corrected chi connectivity index (χ3v) is 4.29. The van der Waals surface area contributed by atoms with Crippen molar-refractivity contribution in [1.29, 1.82) is 0 Å². The molecule has 3 rings (SSSR count). The predicted octanol–water partition coefficient (Wildman–Crippen LogP) is 1.58. The number of furan rings is 1. The third-order valence-electron chi connectivity index (χ3n) is 4.29. The van der Waals surface area contributed by atoms with Gasteiger partial charge in [0.1, 0.15) is 23.0 Å². The molecule has 2 N–H and O–H groups in total. The van der Waals surface area contributed by atoms with Crippen LogP contribution in [0.25, 0.3) is 11.1 Å². The number of ether oxygens (including phenoxy) is 1. The summed E-state index contributed by atoms with van der Waals surface area (Å²) in [5.74, 6) is -1.66. The van der Waals surface area contributed by atoms with Crippen LogP contribution in [0.15, 0.2) is 45.9 Å². The SMILES string of the molecule is CCNC(=O)NC(=O)C(OC(=O)c1c(C)oc2ncn(C)c(=O)c12)c1ccccc1. The quantitative estimate of drug-likeness (QED) is 0.608. The van der Waals surface area contributed by atoms with Crippen molar-refractivity contribution in [1.82, 2.24) is 20.2 Å². The molecular weight excluding hydrogens is 392 g/mol. The van der Waals surface area contributed by atoms with E-state index >= 15 is 0 Å². The largest absolute Gasteiger partial charge is 0.444 e. The summed E-state index contributed by atoms with van der Waals surface area (Å²) in [6.45, 7) is 3.50. The first-order valence-corrected chi connectivity index (χ1v) is 9.12. The van der Waals surface area contributed by atoms with Gasteiger partial charge in [-0.25, -0.2) is 14.6 Å². The number of benzene rings is 1. The maximum Gasteiger partial charge on any atom is 0.343 e. The Bertz CT molecular complexity index is 1170. The first-order valence-electron chi connectivity index (χ1n) is 9.12. The van der Waals surface area contributed by atoms with Crippen molar-refractivity contribution >= 4 is 29.0 Å². The summed E-state index contributed by atoms with van der Waals surface area (Å²) >= 11 is 0. The van der Waals surface area contributed by atoms with Gasteiger partial charge in [-0.15, -0.1) is 0 Å². The number of hydrogen-bond acceptors (Lipinski definition) is 7. The van der Waals surface area contributed by atoms with E-state index in [1.807, 2.05) is 0 Å². The lowest BCUT2D eigenvalue weighted by molar-refractivity contribution is -0.129. The number of imide groups is 1. The number of carbonyl (C=O) groups is 3. The highest BCUT2D eigenvalue weighted by Crippen LogP contribution is 2.25. The van der Waals surface area contributed by atoms with Gasteiger partial charge in [-0.1, -0.05) is 30.3 Å². The highest BCUT2D eigenvalue weighted by atomic mass is 16.5. The number of fused-ring (bicyclic) bond motifs is 1. The van der Waals surface area contributed by atoms with E-state index in [4.69, 9.17) is 9.15 Å². The molecule has 1 aromatic carbocycles. The Hall–Kier alpha value is -3.95. The minimum absolute atomic E-state index is 0.00872. The van der Waals surface area contributed by atoms with Gasteiger partial charge < -0.3 is 19.0 Å². The molecule has 0 aliphatic heterocycles. The highest BCUT2D eigenvalue weighted by molar-refractivity contribution is 6.05. The van der Waals surface area contributed by atoms with Crippen molar-refractivity contribution in [2.24, 2.45) is 7.05 Å². The number of nitrogens with zero attached hydrogens (tertiary/aromatic N) is 2. The fourth-order valence-electron chi connectivity index (χ4n) is 2.88. The number of amides is 3. The summed E-state index contributed by atoms with van der Waals surface area (Å²) in [4.78, 5) is 53.9. The lowest BCUT2D eigenvalue weighted by Crippen LogP contribution is -2.42. The van der Waals surface area contributed by atoms with Gasteiger partial charge in [-0.2, -0.15) is 0 Å². The van der Waals surface area contributed by atoms with E-state index < -0.39 is 29.6 Å². The maximum atomic E-state index is 13.0. The average Bonchev–Trinajstić information content (AvgIpc) is 3.06. The molecular formula is C20H20N4O6. The van der Waals surface area contributed by atoms with Crippen LogP contribution in [0, 0.1) is 6.92 Å². The van der Waals surface area contributed by atoms with Crippen molar-refractivity contribution in [3.8, 4) is 0 Å². The molecule has 0 aliphatic carbocycles. The molecule has 2 heterocycles. The minimum atomic E-state index is -1.42. The lowest BCUT2D eigenvalue weighted by Gasteiger charge is -2.17. The highest BCUT2D eigenvalue weighted by Gasteiger charge is 2.30. The van der Waals surface area contributed by atoms with E-state index in [2.05, 4.69) is 15.6 Å². The van der Waals surface area contributed by atoms with E-state index in [0.717, 1.165) is 0 Å². The minimum Gasteiger partial charge on any atom is -0.444 e. The lowest BCUT2D eigenvalue weighted by atomic mass is 10.1. The molecule has 3 aromatic rings. The van der Waals surface area contributed by atoms with Crippen LogP contribution in [0.4, 0.5) is 4.79 Å². The molecule has 0 aliphatic rings. The van der Waals surface area contributed by atoms with Crippen LogP contribution in [0.5, 0.6) is 0 Å². The number of nitrogens with one attached hydrogen (secondary N) is 2. The number of hydrogen-bond donors (Lipinski definition) is 2. The van der Waals surface area contributed by atoms with E-state index in [1.165, 1.54) is 24.9 Å². The molecule has 30 heavy (non-hydrogen) atoms. The first-order chi connectivity index (χ1) is 14.3. The topological polar surface area (TPSA) is 133 Å². The summed E-state index contributed by atoms with van der Waals surface area (Å²) < 4.78 is 12.0. The predicted molar refractivity (Wildman–Crippen MR) is 106 cm³/mol. The van der Waals surface area contributed by atoms with Crippen LogP contribution in [-0.2, 0) is 16.6 Å². The van der Waals surface area contributed by atoms with Crippen LogP contribution < -0.4 is 16.2 Å². The van der Waals surface area contributed by atoms with Gasteiger partial charge >= 0.3 is 12.0 Å². The molecule has 1 atom stereocenters. The number of aromatic nitrogens is 2. The zero-order chi connectivity index (χ0) is 21.8. The molecule has 0 fully saturated rings. The second kappa shape index (κ2) is 8.60. The smallest absolute Gasteiger partial charge is 0.343 e. The van der Waals surface area contributed by atoms with Crippen molar-refractivity contribution in [3.63, 3.8) is 0 Å². The number of urea groups is 1. The van der Waals surface area contributed by atoms with Crippen LogP contribution in [-0.4, -0.2) is 34.0 Å². The Kier molecular flexibility index (Phi) is 5.95. The second-order valence-corrected chi connectivity index (χ2v) is 6.42. The summed E-state index contributed by atoms with van der Waals surface area (Å²) in [6.07, 6.45) is -0.152.